The first-order valence-electron chi connectivity index (χ1n) is 4.37. The van der Waals surface area contributed by atoms with Gasteiger partial charge in [-0.2, -0.15) is 0 Å². The summed E-state index contributed by atoms with van der Waals surface area (Å²) >= 11 is 0. The normalized spacial score (nSPS) is 12.0. The van der Waals surface area contributed by atoms with Crippen LogP contribution in [0.5, 0.6) is 0 Å². The molecule has 72 valence electrons. The molecule has 0 aliphatic heterocycles. The Kier molecular flexibility index (Phi) is 5.45. The number of hydrazine groups is 1. The van der Waals surface area contributed by atoms with Gasteiger partial charge in [0.15, 0.2) is 0 Å². The molecule has 0 fully saturated rings. The lowest BCUT2D eigenvalue weighted by atomic mass is 10.1. The van der Waals surface area contributed by atoms with Crippen molar-refractivity contribution in [3.05, 3.63) is 0 Å². The second-order valence-corrected chi connectivity index (χ2v) is 2.77. The van der Waals surface area contributed by atoms with E-state index < -0.39 is 0 Å². The minimum absolute atomic E-state index is 0.514. The maximum Gasteiger partial charge on any atom is 0.208 e. The number of hydrogen-bond acceptors (Lipinski definition) is 2. The van der Waals surface area contributed by atoms with Crippen molar-refractivity contribution in [3.63, 3.8) is 0 Å². The van der Waals surface area contributed by atoms with E-state index in [1.54, 1.807) is 7.05 Å². The lowest BCUT2D eigenvalue weighted by molar-refractivity contribution is 0.335. The van der Waals surface area contributed by atoms with Crippen LogP contribution in [0.1, 0.15) is 26.7 Å². The van der Waals surface area contributed by atoms with Gasteiger partial charge in [0.25, 0.3) is 0 Å². The van der Waals surface area contributed by atoms with Gasteiger partial charge in [0.05, 0.1) is 0 Å². The molecule has 0 bridgehead atoms. The van der Waals surface area contributed by atoms with Crippen molar-refractivity contribution in [1.82, 2.24) is 10.3 Å². The van der Waals surface area contributed by atoms with E-state index in [0.717, 1.165) is 18.8 Å². The molecule has 0 saturated carbocycles. The molecule has 0 aliphatic rings. The van der Waals surface area contributed by atoms with Crippen LogP contribution in [0.2, 0.25) is 0 Å². The monoisotopic (exact) mass is 172 g/mol. The van der Waals surface area contributed by atoms with Crippen molar-refractivity contribution in [2.45, 2.75) is 32.7 Å². The maximum atomic E-state index is 5.31. The summed E-state index contributed by atoms with van der Waals surface area (Å²) in [5.41, 5.74) is 2.58. The number of guanidine groups is 1. The summed E-state index contributed by atoms with van der Waals surface area (Å²) in [6.07, 6.45) is 2.21. The fourth-order valence-electron chi connectivity index (χ4n) is 1.33. The molecule has 0 heterocycles. The highest BCUT2D eigenvalue weighted by molar-refractivity contribution is 5.79. The lowest BCUT2D eigenvalue weighted by Gasteiger charge is -2.28. The predicted molar refractivity (Wildman–Crippen MR) is 52.8 cm³/mol. The molecule has 0 unspecified atom stereocenters. The lowest BCUT2D eigenvalue weighted by Crippen LogP contribution is -2.47. The van der Waals surface area contributed by atoms with E-state index >= 15 is 0 Å². The van der Waals surface area contributed by atoms with Crippen LogP contribution in [0.3, 0.4) is 0 Å². The molecule has 0 aliphatic carbocycles. The number of rotatable bonds is 3. The van der Waals surface area contributed by atoms with Crippen molar-refractivity contribution in [1.29, 1.82) is 0 Å². The molecule has 0 amide bonds. The summed E-state index contributed by atoms with van der Waals surface area (Å²) in [6.45, 7) is 4.32. The number of nitrogens with two attached hydrogens (primary N) is 1. The fourth-order valence-corrected chi connectivity index (χ4v) is 1.33. The van der Waals surface area contributed by atoms with E-state index in [0.29, 0.717) is 6.04 Å². The van der Waals surface area contributed by atoms with Crippen LogP contribution in [0, 0.1) is 0 Å². The van der Waals surface area contributed by atoms with E-state index in [2.05, 4.69) is 29.2 Å². The quantitative estimate of drug-likeness (QED) is 0.283. The van der Waals surface area contributed by atoms with E-state index in [1.165, 1.54) is 0 Å². The van der Waals surface area contributed by atoms with Crippen molar-refractivity contribution in [3.8, 4) is 0 Å². The van der Waals surface area contributed by atoms with Crippen LogP contribution in [0.4, 0.5) is 0 Å². The Morgan fingerprint density at radius 1 is 1.50 bits per heavy atom. The smallest absolute Gasteiger partial charge is 0.208 e. The van der Waals surface area contributed by atoms with Crippen LogP contribution in [0.25, 0.3) is 0 Å². The molecule has 0 saturated heterocycles. The largest absolute Gasteiger partial charge is 0.342 e. The average molecular weight is 172 g/mol. The summed E-state index contributed by atoms with van der Waals surface area (Å²) in [4.78, 5) is 6.10. The van der Waals surface area contributed by atoms with Crippen LogP contribution < -0.4 is 11.3 Å². The number of aliphatic imine (C=N–C) groups is 1. The van der Waals surface area contributed by atoms with Gasteiger partial charge < -0.3 is 4.90 Å². The molecule has 12 heavy (non-hydrogen) atoms. The minimum atomic E-state index is 0.514. The zero-order chi connectivity index (χ0) is 9.56. The molecule has 0 aromatic heterocycles. The Balaban J connectivity index is 4.22. The third kappa shape index (κ3) is 2.70. The van der Waals surface area contributed by atoms with Crippen LogP contribution in [-0.2, 0) is 0 Å². The Hall–Kier alpha value is -0.770. The standard InChI is InChI=1S/C8H20N4/c1-5-7(6-2)12(4)8(10-3)11-9/h7H,5-6,9H2,1-4H3,(H,10,11). The molecule has 0 spiro atoms. The molecular formula is C8H20N4. The van der Waals surface area contributed by atoms with Gasteiger partial charge in [0.1, 0.15) is 0 Å². The van der Waals surface area contributed by atoms with Crippen LogP contribution >= 0.6 is 0 Å². The average Bonchev–Trinajstić information content (AvgIpc) is 2.09. The Labute approximate surface area is 74.8 Å². The highest BCUT2D eigenvalue weighted by Gasteiger charge is 2.12. The van der Waals surface area contributed by atoms with Gasteiger partial charge in [-0.3, -0.25) is 10.4 Å². The maximum absolute atomic E-state index is 5.31. The molecule has 0 aromatic carbocycles. The Morgan fingerprint density at radius 3 is 2.25 bits per heavy atom. The number of hydrogen-bond donors (Lipinski definition) is 2. The number of nitrogens with zero attached hydrogens (tertiary/aromatic N) is 2. The van der Waals surface area contributed by atoms with Gasteiger partial charge in [0, 0.05) is 20.1 Å². The molecule has 4 heteroatoms. The summed E-state index contributed by atoms with van der Waals surface area (Å²) in [5.74, 6) is 6.05. The Morgan fingerprint density at radius 2 is 2.00 bits per heavy atom. The van der Waals surface area contributed by atoms with E-state index in [4.69, 9.17) is 5.84 Å². The highest BCUT2D eigenvalue weighted by atomic mass is 15.4. The highest BCUT2D eigenvalue weighted by Crippen LogP contribution is 2.05. The second kappa shape index (κ2) is 5.83. The van der Waals surface area contributed by atoms with E-state index in [9.17, 15) is 0 Å². The zero-order valence-corrected chi connectivity index (χ0v) is 8.46. The predicted octanol–water partition coefficient (Wildman–Crippen LogP) is 0.556. The van der Waals surface area contributed by atoms with E-state index in [1.807, 2.05) is 7.05 Å². The SMILES string of the molecule is CCC(CC)N(C)C(=NC)NN. The summed E-state index contributed by atoms with van der Waals surface area (Å²) < 4.78 is 0. The van der Waals surface area contributed by atoms with Gasteiger partial charge in [-0.15, -0.1) is 0 Å². The summed E-state index contributed by atoms with van der Waals surface area (Å²) in [7, 11) is 3.73. The first-order valence-corrected chi connectivity index (χ1v) is 4.37. The molecule has 3 N–H and O–H groups in total. The van der Waals surface area contributed by atoms with Gasteiger partial charge in [0.2, 0.25) is 5.96 Å². The molecule has 0 rings (SSSR count). The topological polar surface area (TPSA) is 53.6 Å². The summed E-state index contributed by atoms with van der Waals surface area (Å²) in [6, 6.07) is 0.514. The first kappa shape index (κ1) is 11.2. The zero-order valence-electron chi connectivity index (χ0n) is 8.46. The van der Waals surface area contributed by atoms with Crippen molar-refractivity contribution < 1.29 is 0 Å². The number of nitrogens with one attached hydrogen (secondary N) is 1. The Bertz CT molecular complexity index is 140. The third-order valence-electron chi connectivity index (χ3n) is 2.17. The van der Waals surface area contributed by atoms with Gasteiger partial charge >= 0.3 is 0 Å². The van der Waals surface area contributed by atoms with Crippen LogP contribution in [0.15, 0.2) is 4.99 Å². The van der Waals surface area contributed by atoms with Gasteiger partial charge in [-0.05, 0) is 12.8 Å². The van der Waals surface area contributed by atoms with Crippen molar-refractivity contribution >= 4 is 5.96 Å². The molecule has 0 atom stereocenters. The van der Waals surface area contributed by atoms with Gasteiger partial charge in [-0.25, -0.2) is 5.84 Å². The third-order valence-corrected chi connectivity index (χ3v) is 2.17. The van der Waals surface area contributed by atoms with Crippen molar-refractivity contribution in [2.24, 2.45) is 10.8 Å². The van der Waals surface area contributed by atoms with Crippen LogP contribution in [-0.4, -0.2) is 31.0 Å². The minimum Gasteiger partial charge on any atom is -0.342 e. The molecule has 4 nitrogen and oxygen atoms in total. The first-order chi connectivity index (χ1) is 5.71. The molecular weight excluding hydrogens is 152 g/mol. The van der Waals surface area contributed by atoms with Gasteiger partial charge in [-0.1, -0.05) is 13.8 Å². The fraction of sp³-hybridized carbons (Fsp3) is 0.875. The summed E-state index contributed by atoms with van der Waals surface area (Å²) in [5, 5.41) is 0. The molecule has 0 radical (unpaired) electrons. The second-order valence-electron chi connectivity index (χ2n) is 2.77. The van der Waals surface area contributed by atoms with E-state index in [-0.39, 0.29) is 0 Å². The molecule has 0 aromatic rings. The van der Waals surface area contributed by atoms with Crippen molar-refractivity contribution in [2.75, 3.05) is 14.1 Å².